The third-order valence-corrected chi connectivity index (χ3v) is 5.65. The highest BCUT2D eigenvalue weighted by Gasteiger charge is 2.23. The van der Waals surface area contributed by atoms with E-state index in [1.54, 1.807) is 11.3 Å². The summed E-state index contributed by atoms with van der Waals surface area (Å²) in [6, 6.07) is 9.94. The van der Waals surface area contributed by atoms with Gasteiger partial charge in [0.05, 0.1) is 6.10 Å². The Morgan fingerprint density at radius 2 is 1.96 bits per heavy atom. The molecule has 2 aromatic rings. The van der Waals surface area contributed by atoms with E-state index >= 15 is 0 Å². The molecule has 1 aliphatic rings. The van der Waals surface area contributed by atoms with Gasteiger partial charge < -0.3 is 14.9 Å². The number of aromatic nitrogens is 2. The standard InChI is InChI=1S/C18H26N4OS/c1-14-19-20-18(24-14)21(2)12-15-8-10-22(11-9-15)13-17(23)16-6-4-3-5-7-16/h3-7,15,17,23H,8-13H2,1-2H3. The average molecular weight is 347 g/mol. The largest absolute Gasteiger partial charge is 0.387 e. The number of aliphatic hydroxyl groups excluding tert-OH is 1. The Morgan fingerprint density at radius 1 is 1.25 bits per heavy atom. The molecule has 1 atom stereocenters. The lowest BCUT2D eigenvalue weighted by atomic mass is 9.96. The molecule has 5 nitrogen and oxygen atoms in total. The molecule has 24 heavy (non-hydrogen) atoms. The number of anilines is 1. The quantitative estimate of drug-likeness (QED) is 0.872. The number of likely N-dealkylation sites (tertiary alicyclic amines) is 1. The zero-order valence-electron chi connectivity index (χ0n) is 14.4. The first-order valence-electron chi connectivity index (χ1n) is 8.58. The highest BCUT2D eigenvalue weighted by Crippen LogP contribution is 2.24. The van der Waals surface area contributed by atoms with Gasteiger partial charge in [-0.3, -0.25) is 0 Å². The number of hydrogen-bond acceptors (Lipinski definition) is 6. The summed E-state index contributed by atoms with van der Waals surface area (Å²) in [6.45, 7) is 5.85. The van der Waals surface area contributed by atoms with Crippen LogP contribution in [0.5, 0.6) is 0 Å². The first-order chi connectivity index (χ1) is 11.6. The summed E-state index contributed by atoms with van der Waals surface area (Å²) in [4.78, 5) is 4.60. The topological polar surface area (TPSA) is 52.5 Å². The maximum absolute atomic E-state index is 10.4. The molecule has 2 heterocycles. The second-order valence-corrected chi connectivity index (χ2v) is 7.81. The fraction of sp³-hybridized carbons (Fsp3) is 0.556. The van der Waals surface area contributed by atoms with Crippen LogP contribution in [-0.4, -0.2) is 53.4 Å². The zero-order chi connectivity index (χ0) is 16.9. The van der Waals surface area contributed by atoms with Crippen LogP contribution in [0.2, 0.25) is 0 Å². The summed E-state index contributed by atoms with van der Waals surface area (Å²) in [6.07, 6.45) is 1.95. The van der Waals surface area contributed by atoms with E-state index in [1.807, 2.05) is 37.3 Å². The van der Waals surface area contributed by atoms with Crippen LogP contribution in [-0.2, 0) is 0 Å². The van der Waals surface area contributed by atoms with Crippen molar-refractivity contribution in [2.75, 3.05) is 38.1 Å². The normalized spacial score (nSPS) is 17.8. The third-order valence-electron chi connectivity index (χ3n) is 4.70. The van der Waals surface area contributed by atoms with Gasteiger partial charge in [-0.1, -0.05) is 41.7 Å². The molecule has 0 bridgehead atoms. The maximum atomic E-state index is 10.4. The van der Waals surface area contributed by atoms with Gasteiger partial charge in [0.2, 0.25) is 5.13 Å². The van der Waals surface area contributed by atoms with E-state index in [9.17, 15) is 5.11 Å². The number of aliphatic hydroxyl groups is 1. The highest BCUT2D eigenvalue weighted by molar-refractivity contribution is 7.15. The Hall–Kier alpha value is -1.50. The summed E-state index contributed by atoms with van der Waals surface area (Å²) in [7, 11) is 2.10. The summed E-state index contributed by atoms with van der Waals surface area (Å²) in [5.41, 5.74) is 1.01. The Bertz CT molecular complexity index is 625. The second-order valence-electron chi connectivity index (χ2n) is 6.65. The molecule has 1 unspecified atom stereocenters. The van der Waals surface area contributed by atoms with Gasteiger partial charge in [-0.05, 0) is 44.3 Å². The fourth-order valence-electron chi connectivity index (χ4n) is 3.28. The van der Waals surface area contributed by atoms with Gasteiger partial charge >= 0.3 is 0 Å². The third kappa shape index (κ3) is 4.53. The van der Waals surface area contributed by atoms with Crippen molar-refractivity contribution in [2.45, 2.75) is 25.9 Å². The highest BCUT2D eigenvalue weighted by atomic mass is 32.1. The van der Waals surface area contributed by atoms with Gasteiger partial charge in [0, 0.05) is 20.1 Å². The van der Waals surface area contributed by atoms with Crippen molar-refractivity contribution in [1.82, 2.24) is 15.1 Å². The SMILES string of the molecule is Cc1nnc(N(C)CC2CCN(CC(O)c3ccccc3)CC2)s1. The number of hydrogen-bond donors (Lipinski definition) is 1. The molecule has 0 amide bonds. The Balaban J connectivity index is 1.44. The lowest BCUT2D eigenvalue weighted by molar-refractivity contribution is 0.0902. The van der Waals surface area contributed by atoms with E-state index in [0.29, 0.717) is 5.92 Å². The van der Waals surface area contributed by atoms with Gasteiger partial charge in [0.1, 0.15) is 5.01 Å². The van der Waals surface area contributed by atoms with Crippen LogP contribution < -0.4 is 4.90 Å². The van der Waals surface area contributed by atoms with Crippen LogP contribution in [0.3, 0.4) is 0 Å². The smallest absolute Gasteiger partial charge is 0.208 e. The number of nitrogens with zero attached hydrogens (tertiary/aromatic N) is 4. The summed E-state index contributed by atoms with van der Waals surface area (Å²) in [5.74, 6) is 0.685. The molecule has 6 heteroatoms. The van der Waals surface area contributed by atoms with E-state index in [-0.39, 0.29) is 0 Å². The average Bonchev–Trinajstić information content (AvgIpc) is 3.04. The van der Waals surface area contributed by atoms with Crippen LogP contribution in [0.25, 0.3) is 0 Å². The predicted octanol–water partition coefficient (Wildman–Crippen LogP) is 2.73. The lowest BCUT2D eigenvalue weighted by Gasteiger charge is -2.34. The van der Waals surface area contributed by atoms with E-state index < -0.39 is 6.10 Å². The molecule has 1 aliphatic heterocycles. The number of benzene rings is 1. The first kappa shape index (κ1) is 17.3. The van der Waals surface area contributed by atoms with Gasteiger partial charge in [-0.2, -0.15) is 0 Å². The van der Waals surface area contributed by atoms with Crippen molar-refractivity contribution >= 4 is 16.5 Å². The number of rotatable bonds is 6. The Kier molecular flexibility index (Phi) is 5.81. The van der Waals surface area contributed by atoms with Gasteiger partial charge in [0.25, 0.3) is 0 Å². The van der Waals surface area contributed by atoms with Crippen molar-refractivity contribution in [3.05, 3.63) is 40.9 Å². The van der Waals surface area contributed by atoms with E-state index in [1.165, 1.54) is 12.8 Å². The molecular weight excluding hydrogens is 320 g/mol. The molecule has 130 valence electrons. The lowest BCUT2D eigenvalue weighted by Crippen LogP contribution is -2.39. The molecule has 0 spiro atoms. The summed E-state index contributed by atoms with van der Waals surface area (Å²) >= 11 is 1.65. The van der Waals surface area contributed by atoms with Gasteiger partial charge in [-0.15, -0.1) is 10.2 Å². The molecule has 1 aromatic heterocycles. The van der Waals surface area contributed by atoms with E-state index in [0.717, 1.165) is 41.9 Å². The van der Waals surface area contributed by atoms with E-state index in [4.69, 9.17) is 0 Å². The minimum absolute atomic E-state index is 0.394. The number of piperidine rings is 1. The molecule has 1 aromatic carbocycles. The Morgan fingerprint density at radius 3 is 2.58 bits per heavy atom. The van der Waals surface area contributed by atoms with Gasteiger partial charge in [-0.25, -0.2) is 0 Å². The zero-order valence-corrected chi connectivity index (χ0v) is 15.2. The predicted molar refractivity (Wildman–Crippen MR) is 98.5 cm³/mol. The molecule has 3 rings (SSSR count). The Labute approximate surface area is 147 Å². The van der Waals surface area contributed by atoms with Crippen LogP contribution in [0.4, 0.5) is 5.13 Å². The van der Waals surface area contributed by atoms with Crippen molar-refractivity contribution in [1.29, 1.82) is 0 Å². The fourth-order valence-corrected chi connectivity index (χ4v) is 3.94. The molecule has 0 radical (unpaired) electrons. The van der Waals surface area contributed by atoms with Crippen molar-refractivity contribution in [3.63, 3.8) is 0 Å². The molecular formula is C18H26N4OS. The minimum atomic E-state index is -0.394. The molecule has 0 saturated carbocycles. The van der Waals surface area contributed by atoms with Crippen molar-refractivity contribution in [2.24, 2.45) is 5.92 Å². The summed E-state index contributed by atoms with van der Waals surface area (Å²) < 4.78 is 0. The van der Waals surface area contributed by atoms with Crippen molar-refractivity contribution < 1.29 is 5.11 Å². The second kappa shape index (κ2) is 8.05. The van der Waals surface area contributed by atoms with Crippen LogP contribution >= 0.6 is 11.3 Å². The molecule has 1 fully saturated rings. The minimum Gasteiger partial charge on any atom is -0.387 e. The molecule has 1 saturated heterocycles. The van der Waals surface area contributed by atoms with E-state index in [2.05, 4.69) is 27.0 Å². The monoisotopic (exact) mass is 346 g/mol. The number of β-amino-alcohol motifs (C(OH)–C–C–N with tert-alkyl or cyclic N) is 1. The van der Waals surface area contributed by atoms with Crippen LogP contribution in [0.1, 0.15) is 29.5 Å². The number of aryl methyl sites for hydroxylation is 1. The van der Waals surface area contributed by atoms with Crippen molar-refractivity contribution in [3.8, 4) is 0 Å². The van der Waals surface area contributed by atoms with Gasteiger partial charge in [0.15, 0.2) is 0 Å². The van der Waals surface area contributed by atoms with Crippen LogP contribution in [0, 0.1) is 12.8 Å². The summed E-state index contributed by atoms with van der Waals surface area (Å²) in [5, 5.41) is 20.7. The first-order valence-corrected chi connectivity index (χ1v) is 9.40. The molecule has 1 N–H and O–H groups in total. The van der Waals surface area contributed by atoms with Crippen LogP contribution in [0.15, 0.2) is 30.3 Å². The molecule has 0 aliphatic carbocycles. The maximum Gasteiger partial charge on any atom is 0.208 e.